The Labute approximate surface area is 149 Å². The van der Waals surface area contributed by atoms with E-state index < -0.39 is 0 Å². The van der Waals surface area contributed by atoms with Crippen LogP contribution in [0.25, 0.3) is 11.1 Å². The van der Waals surface area contributed by atoms with E-state index in [0.29, 0.717) is 5.41 Å². The number of piperidine rings is 1. The van der Waals surface area contributed by atoms with Gasteiger partial charge in [0.05, 0.1) is 0 Å². The van der Waals surface area contributed by atoms with Crippen LogP contribution in [-0.2, 0) is 18.4 Å². The predicted octanol–water partition coefficient (Wildman–Crippen LogP) is 3.40. The molecule has 0 radical (unpaired) electrons. The number of hydrogen-bond acceptors (Lipinski definition) is 3. The number of fused-ring (bicyclic) bond motifs is 3. The molecule has 1 spiro atoms. The highest BCUT2D eigenvalue weighted by Crippen LogP contribution is 2.49. The van der Waals surface area contributed by atoms with Gasteiger partial charge in [0, 0.05) is 24.2 Å². The first-order valence-corrected chi connectivity index (χ1v) is 9.66. The van der Waals surface area contributed by atoms with Crippen LogP contribution < -0.4 is 15.4 Å². The van der Waals surface area contributed by atoms with Crippen LogP contribution in [0.1, 0.15) is 36.0 Å². The largest absolute Gasteiger partial charge is 0.491 e. The topological polar surface area (TPSA) is 33.3 Å². The van der Waals surface area contributed by atoms with Crippen molar-refractivity contribution in [3.63, 3.8) is 0 Å². The van der Waals surface area contributed by atoms with Gasteiger partial charge in [0.1, 0.15) is 12.4 Å². The molecule has 25 heavy (non-hydrogen) atoms. The highest BCUT2D eigenvalue weighted by atomic mass is 16.5. The lowest BCUT2D eigenvalue weighted by Crippen LogP contribution is -2.38. The standard InChI is InChI=1S/C22H26N2O/c1-3-16-15-24-13-14-25-21(16)19(5-1)17-4-2-6-20-18(17)7-8-22(20)9-11-23-12-10-22/h1-6,23-24H,7-15H2. The van der Waals surface area contributed by atoms with E-state index in [1.165, 1.54) is 42.4 Å². The zero-order valence-corrected chi connectivity index (χ0v) is 14.7. The van der Waals surface area contributed by atoms with Crippen molar-refractivity contribution < 1.29 is 4.74 Å². The quantitative estimate of drug-likeness (QED) is 0.838. The Balaban J connectivity index is 1.63. The fraction of sp³-hybridized carbons (Fsp3) is 0.455. The van der Waals surface area contributed by atoms with Crippen molar-refractivity contribution in [3.8, 4) is 16.9 Å². The highest BCUT2D eigenvalue weighted by molar-refractivity contribution is 5.77. The Bertz CT molecular complexity index is 793. The van der Waals surface area contributed by atoms with E-state index in [1.807, 2.05) is 0 Å². The zero-order chi connectivity index (χ0) is 16.7. The molecule has 1 saturated heterocycles. The first-order valence-electron chi connectivity index (χ1n) is 9.66. The van der Waals surface area contributed by atoms with Crippen LogP contribution in [0.2, 0.25) is 0 Å². The van der Waals surface area contributed by atoms with Crippen LogP contribution in [0.3, 0.4) is 0 Å². The number of rotatable bonds is 1. The lowest BCUT2D eigenvalue weighted by molar-refractivity contribution is 0.306. The van der Waals surface area contributed by atoms with Crippen molar-refractivity contribution in [1.82, 2.24) is 10.6 Å². The highest BCUT2D eigenvalue weighted by Gasteiger charge is 2.40. The molecule has 1 fully saturated rings. The monoisotopic (exact) mass is 334 g/mol. The van der Waals surface area contributed by atoms with Gasteiger partial charge in [0.25, 0.3) is 0 Å². The van der Waals surface area contributed by atoms with E-state index >= 15 is 0 Å². The van der Waals surface area contributed by atoms with E-state index in [2.05, 4.69) is 47.0 Å². The lowest BCUT2D eigenvalue weighted by atomic mass is 9.74. The Hall–Kier alpha value is -1.84. The van der Waals surface area contributed by atoms with E-state index in [-0.39, 0.29) is 0 Å². The molecule has 0 saturated carbocycles. The Morgan fingerprint density at radius 1 is 0.840 bits per heavy atom. The molecule has 2 aromatic rings. The summed E-state index contributed by atoms with van der Waals surface area (Å²) in [7, 11) is 0. The average Bonchev–Trinajstić information content (AvgIpc) is 2.85. The number of nitrogens with one attached hydrogen (secondary N) is 2. The third-order valence-electron chi connectivity index (χ3n) is 6.39. The van der Waals surface area contributed by atoms with Gasteiger partial charge in [-0.05, 0) is 60.9 Å². The van der Waals surface area contributed by atoms with Crippen molar-refractivity contribution in [2.45, 2.75) is 37.6 Å². The maximum atomic E-state index is 6.16. The van der Waals surface area contributed by atoms with E-state index in [9.17, 15) is 0 Å². The maximum absolute atomic E-state index is 6.16. The molecule has 3 aliphatic rings. The minimum absolute atomic E-state index is 0.407. The molecule has 0 bridgehead atoms. The molecule has 0 atom stereocenters. The summed E-state index contributed by atoms with van der Waals surface area (Å²) >= 11 is 0. The summed E-state index contributed by atoms with van der Waals surface area (Å²) in [6.45, 7) is 4.86. The molecule has 0 amide bonds. The van der Waals surface area contributed by atoms with Crippen LogP contribution in [0.5, 0.6) is 5.75 Å². The average molecular weight is 334 g/mol. The molecule has 0 aromatic heterocycles. The minimum atomic E-state index is 0.407. The number of ether oxygens (including phenoxy) is 1. The molecule has 2 aromatic carbocycles. The summed E-state index contributed by atoms with van der Waals surface area (Å²) in [4.78, 5) is 0. The normalized spacial score (nSPS) is 21.3. The first-order chi connectivity index (χ1) is 12.4. The summed E-state index contributed by atoms with van der Waals surface area (Å²) in [5.74, 6) is 1.09. The SMILES string of the molecule is c1cc2c(c(-c3cccc4c3CCC43CCNCC3)c1)OCCNC2. The Morgan fingerprint density at radius 2 is 1.68 bits per heavy atom. The molecular weight excluding hydrogens is 308 g/mol. The third-order valence-corrected chi connectivity index (χ3v) is 6.39. The van der Waals surface area contributed by atoms with Gasteiger partial charge in [-0.3, -0.25) is 0 Å². The summed E-state index contributed by atoms with van der Waals surface area (Å²) in [5.41, 5.74) is 7.54. The Morgan fingerprint density at radius 3 is 2.60 bits per heavy atom. The Kier molecular flexibility index (Phi) is 3.79. The van der Waals surface area contributed by atoms with Gasteiger partial charge in [-0.25, -0.2) is 0 Å². The van der Waals surface area contributed by atoms with Crippen LogP contribution in [0.15, 0.2) is 36.4 Å². The van der Waals surface area contributed by atoms with Crippen LogP contribution >= 0.6 is 0 Å². The fourth-order valence-electron chi connectivity index (χ4n) is 5.08. The molecular formula is C22H26N2O. The minimum Gasteiger partial charge on any atom is -0.491 e. The predicted molar refractivity (Wildman–Crippen MR) is 101 cm³/mol. The van der Waals surface area contributed by atoms with Crippen molar-refractivity contribution >= 4 is 0 Å². The van der Waals surface area contributed by atoms with Gasteiger partial charge in [-0.2, -0.15) is 0 Å². The van der Waals surface area contributed by atoms with Crippen LogP contribution in [0, 0.1) is 0 Å². The molecule has 5 rings (SSSR count). The molecule has 2 aliphatic heterocycles. The second-order valence-corrected chi connectivity index (χ2v) is 7.68. The van der Waals surface area contributed by atoms with Crippen LogP contribution in [0.4, 0.5) is 0 Å². The first kappa shape index (κ1) is 15.4. The zero-order valence-electron chi connectivity index (χ0n) is 14.7. The van der Waals surface area contributed by atoms with E-state index in [0.717, 1.165) is 38.5 Å². The van der Waals surface area contributed by atoms with Gasteiger partial charge >= 0.3 is 0 Å². The number of benzene rings is 2. The van der Waals surface area contributed by atoms with Gasteiger partial charge in [-0.15, -0.1) is 0 Å². The molecule has 2 N–H and O–H groups in total. The smallest absolute Gasteiger partial charge is 0.131 e. The molecule has 3 heteroatoms. The third kappa shape index (κ3) is 2.49. The van der Waals surface area contributed by atoms with E-state index in [4.69, 9.17) is 4.74 Å². The molecule has 1 aliphatic carbocycles. The second kappa shape index (κ2) is 6.15. The van der Waals surface area contributed by atoms with Gasteiger partial charge in [0.15, 0.2) is 0 Å². The van der Waals surface area contributed by atoms with E-state index in [1.54, 1.807) is 11.1 Å². The molecule has 2 heterocycles. The van der Waals surface area contributed by atoms with Gasteiger partial charge < -0.3 is 15.4 Å². The summed E-state index contributed by atoms with van der Waals surface area (Å²) in [5, 5.41) is 6.98. The molecule has 0 unspecified atom stereocenters. The summed E-state index contributed by atoms with van der Waals surface area (Å²) in [6.07, 6.45) is 5.05. The summed E-state index contributed by atoms with van der Waals surface area (Å²) in [6, 6.07) is 13.6. The lowest BCUT2D eigenvalue weighted by Gasteiger charge is -2.35. The van der Waals surface area contributed by atoms with Crippen molar-refractivity contribution in [2.75, 3.05) is 26.2 Å². The van der Waals surface area contributed by atoms with Gasteiger partial charge in [-0.1, -0.05) is 36.4 Å². The number of para-hydroxylation sites is 1. The fourth-order valence-corrected chi connectivity index (χ4v) is 5.08. The van der Waals surface area contributed by atoms with Crippen molar-refractivity contribution in [3.05, 3.63) is 53.1 Å². The van der Waals surface area contributed by atoms with Crippen LogP contribution in [-0.4, -0.2) is 26.2 Å². The second-order valence-electron chi connectivity index (χ2n) is 7.68. The maximum Gasteiger partial charge on any atom is 0.131 e. The van der Waals surface area contributed by atoms with Crippen molar-refractivity contribution in [2.24, 2.45) is 0 Å². The molecule has 130 valence electrons. The molecule has 3 nitrogen and oxygen atoms in total. The van der Waals surface area contributed by atoms with Gasteiger partial charge in [0.2, 0.25) is 0 Å². The number of hydrogen-bond donors (Lipinski definition) is 2. The van der Waals surface area contributed by atoms with Crippen molar-refractivity contribution in [1.29, 1.82) is 0 Å². The summed E-state index contributed by atoms with van der Waals surface area (Å²) < 4.78 is 6.16.